The van der Waals surface area contributed by atoms with E-state index in [1.54, 1.807) is 0 Å². The fraction of sp³-hybridized carbons (Fsp3) is 0.786. The number of nitrogens with zero attached hydrogens (tertiary/aromatic N) is 1. The summed E-state index contributed by atoms with van der Waals surface area (Å²) in [6, 6.07) is -0.883. The van der Waals surface area contributed by atoms with Gasteiger partial charge in [0, 0.05) is 26.1 Å². The summed E-state index contributed by atoms with van der Waals surface area (Å²) in [7, 11) is 0. The first-order valence-electron chi connectivity index (χ1n) is 7.41. The van der Waals surface area contributed by atoms with Gasteiger partial charge in [0.25, 0.3) is 0 Å². The van der Waals surface area contributed by atoms with E-state index in [0.29, 0.717) is 26.1 Å². The fourth-order valence-electron chi connectivity index (χ4n) is 2.96. The van der Waals surface area contributed by atoms with E-state index >= 15 is 0 Å². The lowest BCUT2D eigenvalue weighted by molar-refractivity contribution is -0.150. The molecule has 2 fully saturated rings. The number of carboxylic acid groups (broad SMARTS) is 1. The van der Waals surface area contributed by atoms with Crippen LogP contribution >= 0.6 is 0 Å². The van der Waals surface area contributed by atoms with Crippen LogP contribution in [0.3, 0.4) is 0 Å². The first-order valence-corrected chi connectivity index (χ1v) is 7.41. The topological polar surface area (TPSA) is 95.9 Å². The van der Waals surface area contributed by atoms with Crippen molar-refractivity contribution in [3.8, 4) is 0 Å². The van der Waals surface area contributed by atoms with Crippen molar-refractivity contribution in [2.75, 3.05) is 19.7 Å². The predicted molar refractivity (Wildman–Crippen MR) is 73.5 cm³/mol. The lowest BCUT2D eigenvalue weighted by Gasteiger charge is -2.38. The molecule has 7 heteroatoms. The number of carbonyl (C=O) groups is 3. The highest BCUT2D eigenvalue weighted by molar-refractivity contribution is 5.91. The van der Waals surface area contributed by atoms with E-state index in [4.69, 9.17) is 9.84 Å². The van der Waals surface area contributed by atoms with Gasteiger partial charge in [0.05, 0.1) is 12.5 Å². The highest BCUT2D eigenvalue weighted by atomic mass is 16.5. The quantitative estimate of drug-likeness (QED) is 0.719. The van der Waals surface area contributed by atoms with E-state index in [-0.39, 0.29) is 30.3 Å². The minimum absolute atomic E-state index is 0.129. The number of carbonyl (C=O) groups excluding carboxylic acids is 2. The number of amides is 2. The molecule has 7 nitrogen and oxygen atoms in total. The molecule has 118 valence electrons. The Morgan fingerprint density at radius 1 is 1.38 bits per heavy atom. The number of hydrogen-bond acceptors (Lipinski definition) is 4. The maximum absolute atomic E-state index is 12.3. The number of hydrogen-bond donors (Lipinski definition) is 2. The van der Waals surface area contributed by atoms with Crippen LogP contribution in [0, 0.1) is 5.92 Å². The highest BCUT2D eigenvalue weighted by Gasteiger charge is 2.37. The van der Waals surface area contributed by atoms with Crippen LogP contribution in [-0.4, -0.2) is 59.6 Å². The van der Waals surface area contributed by atoms with Crippen LogP contribution in [0.4, 0.5) is 0 Å². The van der Waals surface area contributed by atoms with Gasteiger partial charge in [0.2, 0.25) is 11.8 Å². The van der Waals surface area contributed by atoms with E-state index in [1.165, 1.54) is 4.90 Å². The van der Waals surface area contributed by atoms with Crippen LogP contribution in [0.25, 0.3) is 0 Å². The predicted octanol–water partition coefficient (Wildman–Crippen LogP) is -0.00670. The Hall–Kier alpha value is -1.63. The number of piperazine rings is 1. The first-order chi connectivity index (χ1) is 10.0. The second-order valence-corrected chi connectivity index (χ2v) is 5.61. The maximum Gasteiger partial charge on any atom is 0.305 e. The third kappa shape index (κ3) is 3.93. The molecule has 1 unspecified atom stereocenters. The Bertz CT molecular complexity index is 420. The standard InChI is InChI=1S/C14H22N2O5/c1-2-21-10-5-9(6-10)7-12(17)16-4-3-15-14(20)11(16)8-13(18)19/h9-11H,2-8H2,1H3,(H,15,20)(H,18,19). The van der Waals surface area contributed by atoms with Crippen molar-refractivity contribution in [3.05, 3.63) is 0 Å². The van der Waals surface area contributed by atoms with Gasteiger partial charge in [-0.15, -0.1) is 0 Å². The first kappa shape index (κ1) is 15.8. The van der Waals surface area contributed by atoms with Crippen molar-refractivity contribution in [1.82, 2.24) is 10.2 Å². The lowest BCUT2D eigenvalue weighted by atomic mass is 9.79. The van der Waals surface area contributed by atoms with Gasteiger partial charge in [0.1, 0.15) is 6.04 Å². The molecule has 2 rings (SSSR count). The van der Waals surface area contributed by atoms with Gasteiger partial charge in [-0.1, -0.05) is 0 Å². The van der Waals surface area contributed by atoms with Gasteiger partial charge in [-0.05, 0) is 25.7 Å². The molecule has 0 spiro atoms. The minimum Gasteiger partial charge on any atom is -0.481 e. The monoisotopic (exact) mass is 298 g/mol. The molecule has 1 saturated carbocycles. The van der Waals surface area contributed by atoms with Crippen molar-refractivity contribution >= 4 is 17.8 Å². The van der Waals surface area contributed by atoms with E-state index in [9.17, 15) is 14.4 Å². The summed E-state index contributed by atoms with van der Waals surface area (Å²) < 4.78 is 5.46. The third-order valence-electron chi connectivity index (χ3n) is 4.08. The molecule has 0 radical (unpaired) electrons. The molecule has 21 heavy (non-hydrogen) atoms. The lowest BCUT2D eigenvalue weighted by Crippen LogP contribution is -2.58. The zero-order valence-corrected chi connectivity index (χ0v) is 12.2. The van der Waals surface area contributed by atoms with Crippen molar-refractivity contribution in [2.45, 2.75) is 44.8 Å². The van der Waals surface area contributed by atoms with Crippen molar-refractivity contribution in [1.29, 1.82) is 0 Å². The smallest absolute Gasteiger partial charge is 0.305 e. The Kier molecular flexibility index (Phi) is 5.17. The molecule has 1 atom stereocenters. The fourth-order valence-corrected chi connectivity index (χ4v) is 2.96. The van der Waals surface area contributed by atoms with Gasteiger partial charge < -0.3 is 20.1 Å². The van der Waals surface area contributed by atoms with E-state index in [1.807, 2.05) is 6.92 Å². The summed E-state index contributed by atoms with van der Waals surface area (Å²) in [5.41, 5.74) is 0. The van der Waals surface area contributed by atoms with Gasteiger partial charge in [-0.25, -0.2) is 0 Å². The second kappa shape index (κ2) is 6.89. The van der Waals surface area contributed by atoms with Gasteiger partial charge in [-0.2, -0.15) is 0 Å². The van der Waals surface area contributed by atoms with Crippen LogP contribution in [0.5, 0.6) is 0 Å². The average molecular weight is 298 g/mol. The van der Waals surface area contributed by atoms with E-state index in [2.05, 4.69) is 5.32 Å². The van der Waals surface area contributed by atoms with Gasteiger partial charge >= 0.3 is 5.97 Å². The maximum atomic E-state index is 12.3. The van der Waals surface area contributed by atoms with Crippen molar-refractivity contribution in [2.24, 2.45) is 5.92 Å². The third-order valence-corrected chi connectivity index (χ3v) is 4.08. The van der Waals surface area contributed by atoms with Crippen LogP contribution in [-0.2, 0) is 19.1 Å². The Morgan fingerprint density at radius 2 is 2.10 bits per heavy atom. The van der Waals surface area contributed by atoms with E-state index < -0.39 is 12.0 Å². The van der Waals surface area contributed by atoms with Gasteiger partial charge in [0.15, 0.2) is 0 Å². The molecule has 0 aromatic rings. The Morgan fingerprint density at radius 3 is 2.71 bits per heavy atom. The molecular formula is C14H22N2O5. The minimum atomic E-state index is -1.07. The molecule has 0 aromatic heterocycles. The normalized spacial score (nSPS) is 28.7. The number of rotatable bonds is 6. The van der Waals surface area contributed by atoms with Crippen LogP contribution < -0.4 is 5.32 Å². The number of ether oxygens (including phenoxy) is 1. The summed E-state index contributed by atoms with van der Waals surface area (Å²) >= 11 is 0. The largest absolute Gasteiger partial charge is 0.481 e. The number of nitrogens with one attached hydrogen (secondary N) is 1. The summed E-state index contributed by atoms with van der Waals surface area (Å²) in [6.07, 6.45) is 2.00. The molecule has 2 N–H and O–H groups in total. The highest BCUT2D eigenvalue weighted by Crippen LogP contribution is 2.33. The molecule has 1 saturated heterocycles. The number of aliphatic carboxylic acids is 1. The molecular weight excluding hydrogens is 276 g/mol. The summed E-state index contributed by atoms with van der Waals surface area (Å²) in [6.45, 7) is 3.39. The molecule has 2 aliphatic rings. The SMILES string of the molecule is CCOC1CC(CC(=O)N2CCNC(=O)C2CC(=O)O)C1. The molecule has 1 heterocycles. The average Bonchev–Trinajstić information content (AvgIpc) is 2.38. The summed E-state index contributed by atoms with van der Waals surface area (Å²) in [5, 5.41) is 11.5. The molecule has 1 aliphatic carbocycles. The van der Waals surface area contributed by atoms with Crippen LogP contribution in [0.15, 0.2) is 0 Å². The zero-order chi connectivity index (χ0) is 15.4. The van der Waals surface area contributed by atoms with Crippen molar-refractivity contribution < 1.29 is 24.2 Å². The molecule has 2 amide bonds. The molecule has 0 bridgehead atoms. The Balaban J connectivity index is 1.87. The molecule has 0 aromatic carbocycles. The van der Waals surface area contributed by atoms with E-state index in [0.717, 1.165) is 12.8 Å². The summed E-state index contributed by atoms with van der Waals surface area (Å²) in [4.78, 5) is 36.3. The Labute approximate surface area is 123 Å². The molecule has 1 aliphatic heterocycles. The summed E-state index contributed by atoms with van der Waals surface area (Å²) in [5.74, 6) is -1.30. The van der Waals surface area contributed by atoms with Crippen LogP contribution in [0.2, 0.25) is 0 Å². The van der Waals surface area contributed by atoms with Crippen molar-refractivity contribution in [3.63, 3.8) is 0 Å². The van der Waals surface area contributed by atoms with Gasteiger partial charge in [-0.3, -0.25) is 14.4 Å². The van der Waals surface area contributed by atoms with Crippen LogP contribution in [0.1, 0.15) is 32.6 Å². The zero-order valence-electron chi connectivity index (χ0n) is 12.2. The second-order valence-electron chi connectivity index (χ2n) is 5.61. The number of carboxylic acids is 1.